The van der Waals surface area contributed by atoms with Crippen molar-refractivity contribution in [3.63, 3.8) is 0 Å². The van der Waals surface area contributed by atoms with Crippen molar-refractivity contribution in [3.05, 3.63) is 77.5 Å². The zero-order chi connectivity index (χ0) is 25.2. The van der Waals surface area contributed by atoms with E-state index < -0.39 is 11.7 Å². The lowest BCUT2D eigenvalue weighted by molar-refractivity contribution is -0.137. The number of anilines is 1. The van der Waals surface area contributed by atoms with Crippen LogP contribution in [0.3, 0.4) is 0 Å². The van der Waals surface area contributed by atoms with Crippen LogP contribution in [0, 0.1) is 18.7 Å². The van der Waals surface area contributed by atoms with Crippen molar-refractivity contribution in [2.45, 2.75) is 38.9 Å². The fraction of sp³-hybridized carbons (Fsp3) is 0.346. The van der Waals surface area contributed by atoms with Crippen molar-refractivity contribution in [2.75, 3.05) is 18.4 Å². The summed E-state index contributed by atoms with van der Waals surface area (Å²) in [4.78, 5) is 23.9. The van der Waals surface area contributed by atoms with Crippen LogP contribution in [-0.2, 0) is 6.18 Å². The number of aryl methyl sites for hydroxylation is 1. The molecule has 1 fully saturated rings. The van der Waals surface area contributed by atoms with E-state index in [9.17, 15) is 22.4 Å². The molecule has 1 saturated heterocycles. The number of benzene rings is 1. The first-order valence-electron chi connectivity index (χ1n) is 11.4. The summed E-state index contributed by atoms with van der Waals surface area (Å²) in [5.74, 6) is -0.126. The van der Waals surface area contributed by atoms with Gasteiger partial charge in [0.25, 0.3) is 5.91 Å². The smallest absolute Gasteiger partial charge is 0.368 e. The first-order chi connectivity index (χ1) is 16.6. The largest absolute Gasteiger partial charge is 0.417 e. The van der Waals surface area contributed by atoms with Crippen LogP contribution in [0.5, 0.6) is 0 Å². The zero-order valence-corrected chi connectivity index (χ0v) is 19.4. The molecule has 1 aromatic carbocycles. The average Bonchev–Trinajstić information content (AvgIpc) is 2.83. The molecule has 0 radical (unpaired) electrons. The topological polar surface area (TPSA) is 58.1 Å². The molecule has 0 saturated carbocycles. The summed E-state index contributed by atoms with van der Waals surface area (Å²) in [5.41, 5.74) is 1.48. The number of aromatic nitrogens is 2. The van der Waals surface area contributed by atoms with Crippen LogP contribution in [0.4, 0.5) is 23.4 Å². The van der Waals surface area contributed by atoms with Crippen LogP contribution in [0.2, 0.25) is 0 Å². The molecule has 3 aromatic rings. The summed E-state index contributed by atoms with van der Waals surface area (Å²) in [6.45, 7) is 4.73. The lowest BCUT2D eigenvalue weighted by Crippen LogP contribution is -2.51. The molecule has 35 heavy (non-hydrogen) atoms. The van der Waals surface area contributed by atoms with Gasteiger partial charge >= 0.3 is 6.18 Å². The second kappa shape index (κ2) is 10.0. The molecule has 2 aromatic heterocycles. The van der Waals surface area contributed by atoms with Crippen LogP contribution in [0.25, 0.3) is 11.1 Å². The number of amides is 1. The Kier molecular flexibility index (Phi) is 7.05. The fourth-order valence-corrected chi connectivity index (χ4v) is 4.41. The van der Waals surface area contributed by atoms with E-state index in [-0.39, 0.29) is 23.7 Å². The van der Waals surface area contributed by atoms with E-state index in [1.807, 2.05) is 12.1 Å². The number of nitrogens with one attached hydrogen (secondary N) is 1. The summed E-state index contributed by atoms with van der Waals surface area (Å²) in [7, 11) is 0. The Morgan fingerprint density at radius 2 is 1.86 bits per heavy atom. The van der Waals surface area contributed by atoms with Gasteiger partial charge in [0.1, 0.15) is 17.3 Å². The number of carbonyl (C=O) groups excluding carboxylic acids is 1. The molecule has 0 aliphatic carbocycles. The van der Waals surface area contributed by atoms with Crippen molar-refractivity contribution in [3.8, 4) is 11.1 Å². The Morgan fingerprint density at radius 1 is 1.11 bits per heavy atom. The minimum atomic E-state index is -4.45. The highest BCUT2D eigenvalue weighted by Gasteiger charge is 2.34. The molecular formula is C26H26F4N4O. The summed E-state index contributed by atoms with van der Waals surface area (Å²) in [5, 5.41) is 3.09. The Hall–Kier alpha value is -3.49. The molecule has 9 heteroatoms. The van der Waals surface area contributed by atoms with Crippen LogP contribution < -0.4 is 5.32 Å². The number of likely N-dealkylation sites (tertiary alicyclic amines) is 1. The SMILES string of the molecule is Cc1ccc(-c2ccc(F)cc2)c(C(=O)N2CCC[C@@H](C)[C@H]2CNc2ccc(C(F)(F)F)cn2)n1. The standard InChI is InChI=1S/C26H26F4N4O/c1-16-4-3-13-34(22(16)15-32-23-12-8-19(14-31-23)26(28,29)30)25(35)24-21(11-5-17(2)33-24)18-6-9-20(27)10-7-18/h5-12,14,16,22H,3-4,13,15H2,1-2H3,(H,31,32)/t16-,22-/m1/s1. The number of nitrogens with zero attached hydrogens (tertiary/aromatic N) is 3. The van der Waals surface area contributed by atoms with E-state index in [1.165, 1.54) is 18.2 Å². The van der Waals surface area contributed by atoms with Gasteiger partial charge < -0.3 is 10.2 Å². The number of hydrogen-bond donors (Lipinski definition) is 1. The van der Waals surface area contributed by atoms with E-state index in [2.05, 4.69) is 22.2 Å². The number of piperidine rings is 1. The lowest BCUT2D eigenvalue weighted by atomic mass is 9.90. The molecule has 1 amide bonds. The van der Waals surface area contributed by atoms with Crippen LogP contribution in [0.15, 0.2) is 54.7 Å². The van der Waals surface area contributed by atoms with Crippen LogP contribution >= 0.6 is 0 Å². The summed E-state index contributed by atoms with van der Waals surface area (Å²) >= 11 is 0. The molecule has 5 nitrogen and oxygen atoms in total. The molecule has 0 unspecified atom stereocenters. The predicted octanol–water partition coefficient (Wildman–Crippen LogP) is 5.96. The second-order valence-electron chi connectivity index (χ2n) is 8.85. The summed E-state index contributed by atoms with van der Waals surface area (Å²) in [6, 6.07) is 11.6. The van der Waals surface area contributed by atoms with Gasteiger partial charge in [0.2, 0.25) is 0 Å². The number of rotatable bonds is 5. The van der Waals surface area contributed by atoms with E-state index in [1.54, 1.807) is 24.0 Å². The Morgan fingerprint density at radius 3 is 2.51 bits per heavy atom. The van der Waals surface area contributed by atoms with Crippen molar-refractivity contribution >= 4 is 11.7 Å². The number of pyridine rings is 2. The highest BCUT2D eigenvalue weighted by atomic mass is 19.4. The van der Waals surface area contributed by atoms with E-state index >= 15 is 0 Å². The Labute approximate surface area is 201 Å². The van der Waals surface area contributed by atoms with E-state index in [4.69, 9.17) is 0 Å². The van der Waals surface area contributed by atoms with Crippen molar-refractivity contribution in [2.24, 2.45) is 5.92 Å². The first-order valence-corrected chi connectivity index (χ1v) is 11.4. The second-order valence-corrected chi connectivity index (χ2v) is 8.85. The molecule has 0 bridgehead atoms. The summed E-state index contributed by atoms with van der Waals surface area (Å²) < 4.78 is 51.9. The number of halogens is 4. The van der Waals surface area contributed by atoms with Crippen molar-refractivity contribution in [1.82, 2.24) is 14.9 Å². The number of carbonyl (C=O) groups is 1. The Balaban J connectivity index is 1.58. The minimum absolute atomic E-state index is 0.161. The number of alkyl halides is 3. The van der Waals surface area contributed by atoms with Gasteiger partial charge in [-0.15, -0.1) is 0 Å². The van der Waals surface area contributed by atoms with Crippen molar-refractivity contribution < 1.29 is 22.4 Å². The summed E-state index contributed by atoms with van der Waals surface area (Å²) in [6.07, 6.45) is -1.90. The van der Waals surface area contributed by atoms with Gasteiger partial charge in [0, 0.05) is 30.5 Å². The Bertz CT molecular complexity index is 1180. The molecule has 1 aliphatic rings. The average molecular weight is 487 g/mol. The molecule has 2 atom stereocenters. The molecule has 4 rings (SSSR count). The van der Waals surface area contributed by atoms with Gasteiger partial charge in [-0.25, -0.2) is 14.4 Å². The van der Waals surface area contributed by atoms with Gasteiger partial charge in [-0.3, -0.25) is 4.79 Å². The van der Waals surface area contributed by atoms with Crippen LogP contribution in [0.1, 0.15) is 41.5 Å². The molecule has 3 heterocycles. The fourth-order valence-electron chi connectivity index (χ4n) is 4.41. The van der Waals surface area contributed by atoms with Crippen molar-refractivity contribution in [1.29, 1.82) is 0 Å². The van der Waals surface area contributed by atoms with Gasteiger partial charge in [-0.1, -0.05) is 25.1 Å². The third-order valence-corrected chi connectivity index (χ3v) is 6.35. The van der Waals surface area contributed by atoms with Gasteiger partial charge in [0.05, 0.1) is 11.6 Å². The maximum Gasteiger partial charge on any atom is 0.417 e. The highest BCUT2D eigenvalue weighted by molar-refractivity contribution is 5.99. The quantitative estimate of drug-likeness (QED) is 0.452. The monoisotopic (exact) mass is 486 g/mol. The molecular weight excluding hydrogens is 460 g/mol. The van der Waals surface area contributed by atoms with Gasteiger partial charge in [-0.05, 0) is 61.6 Å². The molecule has 0 spiro atoms. The third kappa shape index (κ3) is 5.61. The first kappa shape index (κ1) is 24.6. The third-order valence-electron chi connectivity index (χ3n) is 6.35. The normalized spacial score (nSPS) is 18.4. The minimum Gasteiger partial charge on any atom is -0.368 e. The highest BCUT2D eigenvalue weighted by Crippen LogP contribution is 2.31. The lowest BCUT2D eigenvalue weighted by Gasteiger charge is -2.40. The maximum atomic E-state index is 13.8. The molecule has 184 valence electrons. The molecule has 1 aliphatic heterocycles. The maximum absolute atomic E-state index is 13.8. The van der Waals surface area contributed by atoms with E-state index in [0.29, 0.717) is 41.4 Å². The van der Waals surface area contributed by atoms with Gasteiger partial charge in [0.15, 0.2) is 0 Å². The van der Waals surface area contributed by atoms with E-state index in [0.717, 1.165) is 25.1 Å². The van der Waals surface area contributed by atoms with Crippen LogP contribution in [-0.4, -0.2) is 39.9 Å². The predicted molar refractivity (Wildman–Crippen MR) is 125 cm³/mol. The van der Waals surface area contributed by atoms with Gasteiger partial charge in [-0.2, -0.15) is 13.2 Å². The zero-order valence-electron chi connectivity index (χ0n) is 19.4. The number of hydrogen-bond acceptors (Lipinski definition) is 4. The molecule has 1 N–H and O–H groups in total.